The summed E-state index contributed by atoms with van der Waals surface area (Å²) >= 11 is 0. The molecule has 2 unspecified atom stereocenters. The maximum atomic E-state index is 13.5. The lowest BCUT2D eigenvalue weighted by atomic mass is 10.2. The van der Waals surface area contributed by atoms with Crippen LogP contribution in [0.3, 0.4) is 0 Å². The first-order chi connectivity index (χ1) is 29.5. The molecule has 4 aromatic rings. The van der Waals surface area contributed by atoms with E-state index >= 15 is 0 Å². The van der Waals surface area contributed by atoms with Gasteiger partial charge in [0.15, 0.2) is 5.52 Å². The molecule has 0 radical (unpaired) electrons. The third-order valence-corrected chi connectivity index (χ3v) is 12.8. The number of aromatic nitrogens is 8. The molecule has 0 amide bonds. The highest BCUT2D eigenvalue weighted by molar-refractivity contribution is 7.47. The Morgan fingerprint density at radius 2 is 1.21 bits per heavy atom. The highest BCUT2D eigenvalue weighted by Crippen LogP contribution is 2.52. The second-order valence-corrected chi connectivity index (χ2v) is 18.8. The number of nitrogens with two attached hydrogens (primary N) is 1. The molecule has 0 spiro atoms. The van der Waals surface area contributed by atoms with Crippen molar-refractivity contribution >= 4 is 40.4 Å². The Kier molecular flexibility index (Phi) is 13.4. The molecule has 4 aromatic heterocycles. The van der Waals surface area contributed by atoms with Crippen LogP contribution >= 0.6 is 23.5 Å². The van der Waals surface area contributed by atoms with Crippen molar-refractivity contribution < 1.29 is 79.8 Å². The summed E-state index contributed by atoms with van der Waals surface area (Å²) in [5, 5.41) is 10.7. The molecule has 0 aromatic carbocycles. The minimum absolute atomic E-state index is 0.0944. The van der Waals surface area contributed by atoms with Gasteiger partial charge in [0.2, 0.25) is 12.0 Å². The summed E-state index contributed by atoms with van der Waals surface area (Å²) in [7, 11) is -13.8. The van der Waals surface area contributed by atoms with Crippen LogP contribution in [0.15, 0.2) is 44.2 Å². The first kappa shape index (κ1) is 46.9. The molecule has 0 saturated carbocycles. The molecule has 346 valence electrons. The smallest absolute Gasteiger partial charge is 0.390 e. The van der Waals surface area contributed by atoms with Crippen LogP contribution in [-0.4, -0.2) is 115 Å². The van der Waals surface area contributed by atoms with Crippen LogP contribution < -0.4 is 32.8 Å². The number of H-pyrrole nitrogens is 2. The number of aliphatic hydroxyl groups excluding tert-OH is 1. The molecular formula is C31H43N9O20P3+. The zero-order valence-corrected chi connectivity index (χ0v) is 35.9. The van der Waals surface area contributed by atoms with E-state index in [0.717, 1.165) is 15.3 Å². The number of imidazole rings is 1. The van der Waals surface area contributed by atoms with E-state index in [0.29, 0.717) is 0 Å². The number of nitrogens with zero attached hydrogens (tertiary/aromatic N) is 6. The highest BCUT2D eigenvalue weighted by atomic mass is 31.2. The zero-order valence-electron chi connectivity index (χ0n) is 33.2. The van der Waals surface area contributed by atoms with Gasteiger partial charge in [-0.1, -0.05) is 4.98 Å². The number of aromatic amines is 2. The predicted octanol–water partition coefficient (Wildman–Crippen LogP) is -2.11. The van der Waals surface area contributed by atoms with Gasteiger partial charge < -0.3 is 44.6 Å². The fraction of sp³-hybridized carbons (Fsp3) is 0.581. The average molecular weight is 955 g/mol. The van der Waals surface area contributed by atoms with Crippen molar-refractivity contribution in [3.63, 3.8) is 0 Å². The van der Waals surface area contributed by atoms with E-state index in [1.165, 1.54) is 41.8 Å². The molecule has 7 heterocycles. The number of hydrogen-bond donors (Lipinski definition) is 8. The van der Waals surface area contributed by atoms with Gasteiger partial charge in [-0.3, -0.25) is 55.9 Å². The molecule has 29 nitrogen and oxygen atoms in total. The quantitative estimate of drug-likeness (QED) is 0.0440. The summed E-state index contributed by atoms with van der Waals surface area (Å²) in [6.45, 7) is 0.362. The number of ether oxygens (including phenoxy) is 3. The Bertz CT molecular complexity index is 2750. The maximum absolute atomic E-state index is 13.5. The fourth-order valence-electron chi connectivity index (χ4n) is 7.05. The first-order valence-corrected chi connectivity index (χ1v) is 23.3. The third-order valence-electron chi connectivity index (χ3n) is 10.3. The molecule has 63 heavy (non-hydrogen) atoms. The van der Waals surface area contributed by atoms with Gasteiger partial charge in [-0.2, -0.15) is 0 Å². The van der Waals surface area contributed by atoms with Crippen molar-refractivity contribution in [2.75, 3.05) is 25.6 Å². The Morgan fingerprint density at radius 1 is 0.746 bits per heavy atom. The Balaban J connectivity index is 1.06. The van der Waals surface area contributed by atoms with E-state index in [-0.39, 0.29) is 41.0 Å². The lowest BCUT2D eigenvalue weighted by Crippen LogP contribution is -2.33. The lowest BCUT2D eigenvalue weighted by molar-refractivity contribution is -0.658. The SMILES string of the molecule is Cc1cn([C@H]2C[C@H](OP(=O)(O)OC[C@H]3O[C@@H](n4cnc5c(N)[n+](C)cnc54)C[C@@H]3OP(=O)(O)OC[C@H]3O[C@@H](n4cc(C)c(=O)[nH]c4=O)C[C@@H]3O)[C@@H](COP(=O)(O)O)O2)c(=O)[nH]c1=O. The third kappa shape index (κ3) is 10.7. The van der Waals surface area contributed by atoms with E-state index in [9.17, 15) is 57.6 Å². The number of phosphoric acid groups is 3. The van der Waals surface area contributed by atoms with E-state index in [4.69, 9.17) is 38.0 Å². The largest absolute Gasteiger partial charge is 0.472 e. The molecule has 0 aliphatic carbocycles. The van der Waals surface area contributed by atoms with E-state index in [1.807, 2.05) is 0 Å². The van der Waals surface area contributed by atoms with Gasteiger partial charge in [0, 0.05) is 42.8 Å². The summed E-state index contributed by atoms with van der Waals surface area (Å²) in [5.41, 5.74) is 3.89. The number of aliphatic hydroxyl groups is 1. The zero-order chi connectivity index (χ0) is 45.8. The van der Waals surface area contributed by atoms with Crippen molar-refractivity contribution in [3.8, 4) is 0 Å². The minimum atomic E-state index is -5.24. The summed E-state index contributed by atoms with van der Waals surface area (Å²) in [5.74, 6) is 0.235. The van der Waals surface area contributed by atoms with Crippen molar-refractivity contribution in [3.05, 3.63) is 77.9 Å². The number of nitrogen functional groups attached to an aromatic ring is 1. The molecule has 0 bridgehead atoms. The van der Waals surface area contributed by atoms with Crippen LogP contribution in [0.1, 0.15) is 49.1 Å². The molecule has 32 heteroatoms. The van der Waals surface area contributed by atoms with Gasteiger partial charge in [0.05, 0.1) is 33.0 Å². The minimum Gasteiger partial charge on any atom is -0.390 e. The number of nitrogens with one attached hydrogen (secondary N) is 2. The van der Waals surface area contributed by atoms with Crippen LogP contribution in [0.5, 0.6) is 0 Å². The van der Waals surface area contributed by atoms with E-state index < -0.39 is 128 Å². The normalized spacial score (nSPS) is 28.4. The van der Waals surface area contributed by atoms with Crippen molar-refractivity contribution in [1.82, 2.24) is 33.6 Å². The molecule has 3 aliphatic heterocycles. The summed E-state index contributed by atoms with van der Waals surface area (Å²) in [6, 6.07) is 0. The molecule has 11 atom stereocenters. The maximum Gasteiger partial charge on any atom is 0.472 e. The molecule has 3 fully saturated rings. The van der Waals surface area contributed by atoms with Gasteiger partial charge in [-0.25, -0.2) is 32.8 Å². The predicted molar refractivity (Wildman–Crippen MR) is 206 cm³/mol. The number of hydrogen-bond acceptors (Lipinski definition) is 19. The summed E-state index contributed by atoms with van der Waals surface area (Å²) in [6.07, 6.45) is -7.59. The molecule has 3 saturated heterocycles. The van der Waals surface area contributed by atoms with Gasteiger partial charge in [-0.05, 0) is 13.8 Å². The second kappa shape index (κ2) is 18.0. The number of aryl methyl sites for hydroxylation is 3. The van der Waals surface area contributed by atoms with Crippen LogP contribution in [0.4, 0.5) is 5.82 Å². The fourth-order valence-corrected chi connectivity index (χ4v) is 9.32. The molecule has 7 rings (SSSR count). The molecule has 3 aliphatic rings. The summed E-state index contributed by atoms with van der Waals surface area (Å²) in [4.78, 5) is 102. The van der Waals surface area contributed by atoms with Crippen molar-refractivity contribution in [2.24, 2.45) is 7.05 Å². The Morgan fingerprint density at radius 3 is 1.73 bits per heavy atom. The molecule has 9 N–H and O–H groups in total. The highest BCUT2D eigenvalue weighted by Gasteiger charge is 2.47. The standard InChI is InChI=1S/C31H42N9O20P3/c1-14-7-38(30(44)35-28(14)42)22-4-16(41)19(56-22)9-54-62(49,50)60-18-6-24(40-13-33-25-26(32)37(3)12-34-27(25)40)58-21(18)11-55-63(51,52)59-17-5-23(57-20(17)10-53-61(46,47)48)39-8-15(2)29(43)36-31(39)45/h7-8,12-13,16-24,32,41H,4-6,9-11H2,1-3H3,(H6,35,36,42,43,44,45,46,47,48,49,50,51,52)/p+1/t16-,17-,18-,19+,20+,21+,22+,23+,24+/m0/s1. The number of rotatable bonds is 16. The average Bonchev–Trinajstić information content (AvgIpc) is 3.98. The Labute approximate surface area is 352 Å². The van der Waals surface area contributed by atoms with Crippen molar-refractivity contribution in [2.45, 2.75) is 88.4 Å². The number of phosphoric ester groups is 3. The van der Waals surface area contributed by atoms with Crippen LogP contribution in [0.2, 0.25) is 0 Å². The topological polar surface area (TPSA) is 397 Å². The van der Waals surface area contributed by atoms with Crippen LogP contribution in [-0.2, 0) is 57.6 Å². The van der Waals surface area contributed by atoms with Gasteiger partial charge >= 0.3 is 34.8 Å². The summed E-state index contributed by atoms with van der Waals surface area (Å²) < 4.78 is 86.7. The lowest BCUT2D eigenvalue weighted by Gasteiger charge is -2.24. The van der Waals surface area contributed by atoms with Gasteiger partial charge in [0.25, 0.3) is 16.9 Å². The van der Waals surface area contributed by atoms with Crippen LogP contribution in [0, 0.1) is 13.8 Å². The molecular weight excluding hydrogens is 911 g/mol. The Hall–Kier alpha value is -4.12. The van der Waals surface area contributed by atoms with E-state index in [2.05, 4.69) is 24.5 Å². The van der Waals surface area contributed by atoms with Gasteiger partial charge in [-0.15, -0.1) is 0 Å². The second-order valence-electron chi connectivity index (χ2n) is 14.8. The number of anilines is 1. The van der Waals surface area contributed by atoms with Gasteiger partial charge in [0.1, 0.15) is 55.5 Å². The first-order valence-electron chi connectivity index (χ1n) is 18.7. The van der Waals surface area contributed by atoms with Crippen LogP contribution in [0.25, 0.3) is 11.2 Å². The number of fused-ring (bicyclic) bond motifs is 1. The monoisotopic (exact) mass is 954 g/mol. The van der Waals surface area contributed by atoms with E-state index in [1.54, 1.807) is 7.05 Å². The van der Waals surface area contributed by atoms with Crippen molar-refractivity contribution in [1.29, 1.82) is 0 Å².